The van der Waals surface area contributed by atoms with E-state index >= 15 is 0 Å². The maximum absolute atomic E-state index is 13.3. The van der Waals surface area contributed by atoms with Crippen molar-refractivity contribution in [3.63, 3.8) is 0 Å². The number of ether oxygens (including phenoxy) is 1. The number of ketones is 1. The van der Waals surface area contributed by atoms with E-state index in [1.165, 1.54) is 0 Å². The van der Waals surface area contributed by atoms with E-state index in [-0.39, 0.29) is 11.3 Å². The highest BCUT2D eigenvalue weighted by atomic mass is 16.5. The van der Waals surface area contributed by atoms with Crippen molar-refractivity contribution >= 4 is 23.1 Å². The molecule has 4 heterocycles. The largest absolute Gasteiger partial charge is 0.505 e. The molecule has 8 heteroatoms. The average molecular weight is 475 g/mol. The third kappa shape index (κ3) is 4.24. The lowest BCUT2D eigenvalue weighted by Gasteiger charge is -2.29. The maximum Gasteiger partial charge on any atom is 0.295 e. The Balaban J connectivity index is 1.53. The molecule has 5 rings (SSSR count). The standard InChI is InChI=1S/C27H30N4O4/c1-18-8-6-12-30-19(2)22(28-26(18)30)24(32)21-23(20-9-4-3-5-10-20)31(27(34)25(21)33)13-7-11-29-14-16-35-17-15-29/h3-6,8-10,12,23,32H,7,11,13-17H2,1-2H3/b24-21+. The van der Waals surface area contributed by atoms with Gasteiger partial charge in [0.1, 0.15) is 11.3 Å². The van der Waals surface area contributed by atoms with Crippen molar-refractivity contribution in [1.29, 1.82) is 0 Å². The summed E-state index contributed by atoms with van der Waals surface area (Å²) < 4.78 is 7.30. The van der Waals surface area contributed by atoms with E-state index in [0.717, 1.165) is 37.2 Å². The summed E-state index contributed by atoms with van der Waals surface area (Å²) in [6, 6.07) is 12.6. The van der Waals surface area contributed by atoms with Gasteiger partial charge in [-0.25, -0.2) is 4.98 Å². The van der Waals surface area contributed by atoms with Crippen molar-refractivity contribution in [3.05, 3.63) is 76.7 Å². The summed E-state index contributed by atoms with van der Waals surface area (Å²) in [5.41, 5.74) is 3.59. The number of hydrogen-bond acceptors (Lipinski definition) is 6. The minimum atomic E-state index is -0.670. The predicted molar refractivity (Wildman–Crippen MR) is 132 cm³/mol. The van der Waals surface area contributed by atoms with Gasteiger partial charge in [-0.3, -0.25) is 14.5 Å². The lowest BCUT2D eigenvalue weighted by Crippen LogP contribution is -2.38. The van der Waals surface area contributed by atoms with Crippen LogP contribution < -0.4 is 0 Å². The highest BCUT2D eigenvalue weighted by molar-refractivity contribution is 6.46. The van der Waals surface area contributed by atoms with Crippen molar-refractivity contribution in [2.75, 3.05) is 39.4 Å². The third-order valence-electron chi connectivity index (χ3n) is 6.94. The number of aromatic nitrogens is 2. The summed E-state index contributed by atoms with van der Waals surface area (Å²) in [6.45, 7) is 8.20. The normalized spacial score (nSPS) is 20.7. The van der Waals surface area contributed by atoms with Crippen LogP contribution in [0.25, 0.3) is 11.4 Å². The van der Waals surface area contributed by atoms with Crippen molar-refractivity contribution in [3.8, 4) is 0 Å². The molecule has 1 unspecified atom stereocenters. The summed E-state index contributed by atoms with van der Waals surface area (Å²) in [5, 5.41) is 11.4. The molecule has 3 aromatic rings. The van der Waals surface area contributed by atoms with E-state index < -0.39 is 17.7 Å². The molecule has 2 aromatic heterocycles. The fourth-order valence-electron chi connectivity index (χ4n) is 5.06. The summed E-state index contributed by atoms with van der Waals surface area (Å²) in [6.07, 6.45) is 2.60. The zero-order chi connectivity index (χ0) is 24.5. The molecule has 35 heavy (non-hydrogen) atoms. The number of aliphatic hydroxyl groups excluding tert-OH is 1. The first-order chi connectivity index (χ1) is 17.0. The second kappa shape index (κ2) is 9.64. The summed E-state index contributed by atoms with van der Waals surface area (Å²) in [5.74, 6) is -1.48. The Kier molecular flexibility index (Phi) is 6.40. The van der Waals surface area contributed by atoms with E-state index in [4.69, 9.17) is 4.74 Å². The lowest BCUT2D eigenvalue weighted by molar-refractivity contribution is -0.140. The van der Waals surface area contributed by atoms with Crippen molar-refractivity contribution in [1.82, 2.24) is 19.2 Å². The second-order valence-electron chi connectivity index (χ2n) is 9.14. The first-order valence-electron chi connectivity index (χ1n) is 12.1. The number of carbonyl (C=O) groups excluding carboxylic acids is 2. The van der Waals surface area contributed by atoms with Crippen LogP contribution in [0.15, 0.2) is 54.2 Å². The highest BCUT2D eigenvalue weighted by Crippen LogP contribution is 2.39. The minimum Gasteiger partial charge on any atom is -0.505 e. The average Bonchev–Trinajstić information content (AvgIpc) is 3.35. The van der Waals surface area contributed by atoms with Gasteiger partial charge in [0.05, 0.1) is 30.5 Å². The Morgan fingerprint density at radius 1 is 1.06 bits per heavy atom. The monoisotopic (exact) mass is 474 g/mol. The summed E-state index contributed by atoms with van der Waals surface area (Å²) in [7, 11) is 0. The first-order valence-corrected chi connectivity index (χ1v) is 12.1. The maximum atomic E-state index is 13.3. The number of aryl methyl sites for hydroxylation is 2. The Bertz CT molecular complexity index is 1290. The van der Waals surface area contributed by atoms with E-state index in [1.54, 1.807) is 4.90 Å². The first kappa shape index (κ1) is 23.3. The lowest BCUT2D eigenvalue weighted by atomic mass is 9.96. The van der Waals surface area contributed by atoms with Gasteiger partial charge in [0.15, 0.2) is 5.76 Å². The van der Waals surface area contributed by atoms with Crippen LogP contribution in [-0.2, 0) is 14.3 Å². The predicted octanol–water partition coefficient (Wildman–Crippen LogP) is 3.10. The Labute approximate surface area is 204 Å². The zero-order valence-electron chi connectivity index (χ0n) is 20.1. The molecule has 1 atom stereocenters. The molecule has 1 N–H and O–H groups in total. The number of pyridine rings is 1. The molecule has 2 aliphatic heterocycles. The number of nitrogens with zero attached hydrogens (tertiary/aromatic N) is 4. The number of aliphatic hydroxyl groups is 1. The zero-order valence-corrected chi connectivity index (χ0v) is 20.1. The number of Topliss-reactive ketones (excluding diaryl/α,β-unsaturated/α-hetero) is 1. The van der Waals surface area contributed by atoms with Gasteiger partial charge in [0.2, 0.25) is 0 Å². The van der Waals surface area contributed by atoms with Crippen LogP contribution in [0.4, 0.5) is 0 Å². The van der Waals surface area contributed by atoms with Crippen molar-refractivity contribution in [2.24, 2.45) is 0 Å². The van der Waals surface area contributed by atoms with Gasteiger partial charge in [-0.2, -0.15) is 0 Å². The molecule has 0 spiro atoms. The molecule has 0 aliphatic carbocycles. The van der Waals surface area contributed by atoms with Crippen LogP contribution in [0, 0.1) is 13.8 Å². The van der Waals surface area contributed by atoms with Gasteiger partial charge in [0.25, 0.3) is 11.7 Å². The molecule has 1 aromatic carbocycles. The fraction of sp³-hybridized carbons (Fsp3) is 0.370. The molecule has 8 nitrogen and oxygen atoms in total. The van der Waals surface area contributed by atoms with Crippen LogP contribution in [-0.4, -0.2) is 75.4 Å². The molecule has 2 fully saturated rings. The van der Waals surface area contributed by atoms with Gasteiger partial charge in [0, 0.05) is 32.4 Å². The van der Waals surface area contributed by atoms with Gasteiger partial charge >= 0.3 is 0 Å². The Morgan fingerprint density at radius 2 is 1.80 bits per heavy atom. The number of hydrogen-bond donors (Lipinski definition) is 1. The van der Waals surface area contributed by atoms with Crippen LogP contribution in [0.1, 0.15) is 35.0 Å². The molecule has 182 valence electrons. The van der Waals surface area contributed by atoms with Crippen LogP contribution in [0.2, 0.25) is 0 Å². The number of likely N-dealkylation sites (tertiary alicyclic amines) is 1. The molecule has 0 radical (unpaired) electrons. The second-order valence-corrected chi connectivity index (χ2v) is 9.14. The van der Waals surface area contributed by atoms with Crippen LogP contribution in [0.3, 0.4) is 0 Å². The topological polar surface area (TPSA) is 87.4 Å². The van der Waals surface area contributed by atoms with Crippen LogP contribution >= 0.6 is 0 Å². The van der Waals surface area contributed by atoms with E-state index in [1.807, 2.05) is 66.9 Å². The van der Waals surface area contributed by atoms with Crippen molar-refractivity contribution in [2.45, 2.75) is 26.3 Å². The minimum absolute atomic E-state index is 0.0942. The Morgan fingerprint density at radius 3 is 2.51 bits per heavy atom. The molecule has 2 aliphatic rings. The highest BCUT2D eigenvalue weighted by Gasteiger charge is 2.46. The SMILES string of the molecule is Cc1cccn2c(C)c(/C(O)=C3\C(=O)C(=O)N(CCCN4CCOCC4)C3c3ccccc3)nc12. The van der Waals surface area contributed by atoms with Gasteiger partial charge in [-0.1, -0.05) is 36.4 Å². The number of fused-ring (bicyclic) bond motifs is 1. The molecular weight excluding hydrogens is 444 g/mol. The number of morpholine rings is 1. The molecule has 0 saturated carbocycles. The molecule has 2 saturated heterocycles. The smallest absolute Gasteiger partial charge is 0.295 e. The number of carbonyl (C=O) groups is 2. The van der Waals surface area contributed by atoms with Gasteiger partial charge in [-0.15, -0.1) is 0 Å². The number of benzene rings is 1. The van der Waals surface area contributed by atoms with E-state index in [0.29, 0.717) is 36.8 Å². The molecular formula is C27H30N4O4. The Hall–Kier alpha value is -3.49. The van der Waals surface area contributed by atoms with Gasteiger partial charge in [-0.05, 0) is 37.5 Å². The summed E-state index contributed by atoms with van der Waals surface area (Å²) >= 11 is 0. The number of amides is 1. The van der Waals surface area contributed by atoms with Crippen molar-refractivity contribution < 1.29 is 19.4 Å². The van der Waals surface area contributed by atoms with E-state index in [9.17, 15) is 14.7 Å². The number of imidazole rings is 1. The molecule has 1 amide bonds. The van der Waals surface area contributed by atoms with E-state index in [2.05, 4.69) is 9.88 Å². The van der Waals surface area contributed by atoms with Gasteiger partial charge < -0.3 is 19.1 Å². The quantitative estimate of drug-likeness (QED) is 0.336. The molecule has 0 bridgehead atoms. The number of rotatable bonds is 6. The van der Waals surface area contributed by atoms with Crippen LogP contribution in [0.5, 0.6) is 0 Å². The summed E-state index contributed by atoms with van der Waals surface area (Å²) in [4.78, 5) is 35.1. The third-order valence-corrected chi connectivity index (χ3v) is 6.94. The fourth-order valence-corrected chi connectivity index (χ4v) is 5.06.